The first-order valence-electron chi connectivity index (χ1n) is 6.32. The number of nitrogens with one attached hydrogen (secondary N) is 2. The summed E-state index contributed by atoms with van der Waals surface area (Å²) in [6, 6.07) is 0. The van der Waals surface area contributed by atoms with Crippen LogP contribution in [-0.2, 0) is 10.2 Å². The average molecular weight is 305 g/mol. The Kier molecular flexibility index (Phi) is 6.13. The lowest BCUT2D eigenvalue weighted by Gasteiger charge is -2.11. The lowest BCUT2D eigenvalue weighted by atomic mass is 9.96. The summed E-state index contributed by atoms with van der Waals surface area (Å²) in [5, 5.41) is 10.2. The van der Waals surface area contributed by atoms with Gasteiger partial charge >= 0.3 is 0 Å². The lowest BCUT2D eigenvalue weighted by molar-refractivity contribution is -0.120. The Morgan fingerprint density at radius 2 is 2.21 bits per heavy atom. The number of amides is 1. The molecule has 19 heavy (non-hydrogen) atoms. The zero-order valence-corrected chi connectivity index (χ0v) is 13.4. The molecule has 1 aromatic heterocycles. The molecule has 0 aliphatic heterocycles. The van der Waals surface area contributed by atoms with Gasteiger partial charge in [0, 0.05) is 17.7 Å². The number of alkyl halides is 1. The van der Waals surface area contributed by atoms with Crippen molar-refractivity contribution in [3.8, 4) is 0 Å². The van der Waals surface area contributed by atoms with Crippen LogP contribution in [0.15, 0.2) is 5.16 Å². The first-order chi connectivity index (χ1) is 8.84. The van der Waals surface area contributed by atoms with Gasteiger partial charge in [-0.25, -0.2) is 4.98 Å². The molecule has 0 fully saturated rings. The Labute approximate surface area is 123 Å². The normalized spacial score (nSPS) is 13.3. The SMILES string of the molecule is CCC(Cl)C(=O)NCCSc1nc(C(C)(C)C)n[nH]1. The molecule has 0 aromatic carbocycles. The third kappa shape index (κ3) is 5.40. The van der Waals surface area contributed by atoms with Crippen LogP contribution in [0.2, 0.25) is 0 Å². The van der Waals surface area contributed by atoms with Gasteiger partial charge in [0.1, 0.15) is 5.38 Å². The van der Waals surface area contributed by atoms with E-state index in [4.69, 9.17) is 11.6 Å². The third-order valence-electron chi connectivity index (χ3n) is 2.42. The monoisotopic (exact) mass is 304 g/mol. The molecule has 0 aliphatic carbocycles. The van der Waals surface area contributed by atoms with Crippen LogP contribution in [0.3, 0.4) is 0 Å². The Morgan fingerprint density at radius 1 is 1.53 bits per heavy atom. The summed E-state index contributed by atoms with van der Waals surface area (Å²) in [5.74, 6) is 1.42. The molecular weight excluding hydrogens is 284 g/mol. The van der Waals surface area contributed by atoms with E-state index in [0.29, 0.717) is 13.0 Å². The summed E-state index contributed by atoms with van der Waals surface area (Å²) in [6.45, 7) is 8.65. The maximum Gasteiger partial charge on any atom is 0.238 e. The number of H-pyrrole nitrogens is 1. The summed E-state index contributed by atoms with van der Waals surface area (Å²) >= 11 is 7.35. The van der Waals surface area contributed by atoms with Crippen molar-refractivity contribution in [2.75, 3.05) is 12.3 Å². The van der Waals surface area contributed by atoms with Gasteiger partial charge in [0.15, 0.2) is 11.0 Å². The summed E-state index contributed by atoms with van der Waals surface area (Å²) in [4.78, 5) is 15.8. The zero-order chi connectivity index (χ0) is 14.5. The molecule has 1 amide bonds. The minimum Gasteiger partial charge on any atom is -0.354 e. The van der Waals surface area contributed by atoms with Crippen LogP contribution in [-0.4, -0.2) is 38.8 Å². The van der Waals surface area contributed by atoms with E-state index in [1.807, 2.05) is 6.92 Å². The highest BCUT2D eigenvalue weighted by Crippen LogP contribution is 2.20. The first kappa shape index (κ1) is 16.3. The molecule has 2 N–H and O–H groups in total. The second-order valence-electron chi connectivity index (χ2n) is 5.23. The molecule has 0 saturated carbocycles. The smallest absolute Gasteiger partial charge is 0.238 e. The van der Waals surface area contributed by atoms with Crippen LogP contribution < -0.4 is 5.32 Å². The molecular formula is C12H21ClN4OS. The van der Waals surface area contributed by atoms with Crippen molar-refractivity contribution in [1.29, 1.82) is 0 Å². The number of hydrogen-bond donors (Lipinski definition) is 2. The summed E-state index contributed by atoms with van der Waals surface area (Å²) in [6.07, 6.45) is 0.636. The van der Waals surface area contributed by atoms with Crippen molar-refractivity contribution in [3.63, 3.8) is 0 Å². The molecule has 108 valence electrons. The van der Waals surface area contributed by atoms with E-state index in [-0.39, 0.29) is 11.3 Å². The van der Waals surface area contributed by atoms with Crippen LogP contribution in [0.4, 0.5) is 0 Å². The fourth-order valence-electron chi connectivity index (χ4n) is 1.26. The van der Waals surface area contributed by atoms with Crippen molar-refractivity contribution in [3.05, 3.63) is 5.82 Å². The van der Waals surface area contributed by atoms with Crippen molar-refractivity contribution in [1.82, 2.24) is 20.5 Å². The van der Waals surface area contributed by atoms with Gasteiger partial charge in [0.2, 0.25) is 5.91 Å². The van der Waals surface area contributed by atoms with E-state index >= 15 is 0 Å². The van der Waals surface area contributed by atoms with Crippen molar-refractivity contribution < 1.29 is 4.79 Å². The van der Waals surface area contributed by atoms with Crippen LogP contribution in [0.5, 0.6) is 0 Å². The summed E-state index contributed by atoms with van der Waals surface area (Å²) in [7, 11) is 0. The fraction of sp³-hybridized carbons (Fsp3) is 0.750. The summed E-state index contributed by atoms with van der Waals surface area (Å²) in [5.41, 5.74) is -0.0590. The molecule has 1 rings (SSSR count). The molecule has 0 bridgehead atoms. The number of halogens is 1. The molecule has 0 spiro atoms. The van der Waals surface area contributed by atoms with Gasteiger partial charge in [-0.1, -0.05) is 39.5 Å². The molecule has 0 radical (unpaired) electrons. The quantitative estimate of drug-likeness (QED) is 0.481. The maximum atomic E-state index is 11.4. The number of aromatic nitrogens is 3. The Morgan fingerprint density at radius 3 is 2.74 bits per heavy atom. The first-order valence-corrected chi connectivity index (χ1v) is 7.74. The Balaban J connectivity index is 2.30. The zero-order valence-electron chi connectivity index (χ0n) is 11.8. The van der Waals surface area contributed by atoms with Gasteiger partial charge in [-0.3, -0.25) is 9.89 Å². The Bertz CT molecular complexity index is 416. The summed E-state index contributed by atoms with van der Waals surface area (Å²) < 4.78 is 0. The van der Waals surface area contributed by atoms with Gasteiger partial charge in [-0.05, 0) is 6.42 Å². The standard InChI is InChI=1S/C12H21ClN4OS/c1-5-8(13)9(18)14-6-7-19-11-15-10(16-17-11)12(2,3)4/h8H,5-7H2,1-4H3,(H,14,18)(H,15,16,17). The molecule has 0 saturated heterocycles. The highest BCUT2D eigenvalue weighted by Gasteiger charge is 2.19. The highest BCUT2D eigenvalue weighted by molar-refractivity contribution is 7.99. The number of thioether (sulfide) groups is 1. The fourth-order valence-corrected chi connectivity index (χ4v) is 2.00. The molecule has 0 aliphatic rings. The topological polar surface area (TPSA) is 70.7 Å². The van der Waals surface area contributed by atoms with Gasteiger partial charge in [-0.15, -0.1) is 11.6 Å². The molecule has 1 atom stereocenters. The second-order valence-corrected chi connectivity index (χ2v) is 6.84. The van der Waals surface area contributed by atoms with Gasteiger partial charge in [0.05, 0.1) is 0 Å². The highest BCUT2D eigenvalue weighted by atomic mass is 35.5. The van der Waals surface area contributed by atoms with E-state index < -0.39 is 5.38 Å². The van der Waals surface area contributed by atoms with Crippen molar-refractivity contribution >= 4 is 29.3 Å². The Hall–Kier alpha value is -0.750. The maximum absolute atomic E-state index is 11.4. The van der Waals surface area contributed by atoms with Crippen LogP contribution in [0, 0.1) is 0 Å². The second kappa shape index (κ2) is 7.14. The number of carbonyl (C=O) groups is 1. The number of carbonyl (C=O) groups excluding carboxylic acids is 1. The van der Waals surface area contributed by atoms with E-state index in [1.54, 1.807) is 0 Å². The average Bonchev–Trinajstić information content (AvgIpc) is 2.81. The van der Waals surface area contributed by atoms with E-state index in [1.165, 1.54) is 11.8 Å². The van der Waals surface area contributed by atoms with E-state index in [2.05, 4.69) is 41.3 Å². The van der Waals surface area contributed by atoms with E-state index in [9.17, 15) is 4.79 Å². The number of nitrogens with zero attached hydrogens (tertiary/aromatic N) is 2. The minimum atomic E-state index is -0.442. The van der Waals surface area contributed by atoms with Crippen molar-refractivity contribution in [2.24, 2.45) is 0 Å². The third-order valence-corrected chi connectivity index (χ3v) is 3.79. The predicted molar refractivity (Wildman–Crippen MR) is 78.7 cm³/mol. The van der Waals surface area contributed by atoms with Gasteiger partial charge in [0.25, 0.3) is 0 Å². The lowest BCUT2D eigenvalue weighted by Crippen LogP contribution is -2.32. The molecule has 1 unspecified atom stereocenters. The number of rotatable bonds is 6. The predicted octanol–water partition coefficient (Wildman–Crippen LogP) is 2.33. The minimum absolute atomic E-state index is 0.0590. The number of aromatic amines is 1. The van der Waals surface area contributed by atoms with Crippen LogP contribution in [0.25, 0.3) is 0 Å². The molecule has 1 heterocycles. The number of hydrogen-bond acceptors (Lipinski definition) is 4. The van der Waals surface area contributed by atoms with Gasteiger partial charge in [-0.2, -0.15) is 5.10 Å². The van der Waals surface area contributed by atoms with Crippen LogP contribution >= 0.6 is 23.4 Å². The van der Waals surface area contributed by atoms with Crippen molar-refractivity contribution in [2.45, 2.75) is 50.1 Å². The van der Waals surface area contributed by atoms with Gasteiger partial charge < -0.3 is 5.32 Å². The largest absolute Gasteiger partial charge is 0.354 e. The molecule has 7 heteroatoms. The van der Waals surface area contributed by atoms with Crippen LogP contribution in [0.1, 0.15) is 39.9 Å². The van der Waals surface area contributed by atoms with E-state index in [0.717, 1.165) is 16.7 Å². The molecule has 1 aromatic rings. The molecule has 5 nitrogen and oxygen atoms in total.